The third-order valence-electron chi connectivity index (χ3n) is 5.35. The van der Waals surface area contributed by atoms with Gasteiger partial charge in [-0.25, -0.2) is 0 Å². The zero-order chi connectivity index (χ0) is 22.1. The van der Waals surface area contributed by atoms with Crippen LogP contribution in [-0.2, 0) is 19.3 Å². The molecule has 0 saturated carbocycles. The van der Waals surface area contributed by atoms with Crippen molar-refractivity contribution in [2.45, 2.75) is 24.4 Å². The molecule has 0 aliphatic rings. The van der Waals surface area contributed by atoms with Crippen molar-refractivity contribution in [3.63, 3.8) is 0 Å². The van der Waals surface area contributed by atoms with Crippen LogP contribution in [0.2, 0.25) is 0 Å². The van der Waals surface area contributed by atoms with Gasteiger partial charge in [-0.05, 0) is 37.3 Å². The van der Waals surface area contributed by atoms with E-state index in [1.54, 1.807) is 7.11 Å². The number of aryl methyl sites for hydroxylation is 1. The van der Waals surface area contributed by atoms with E-state index >= 15 is 0 Å². The Morgan fingerprint density at radius 1 is 1.06 bits per heavy atom. The molecule has 0 aliphatic heterocycles. The van der Waals surface area contributed by atoms with E-state index in [0.717, 1.165) is 34.4 Å². The largest absolute Gasteiger partial charge is 0.497 e. The summed E-state index contributed by atoms with van der Waals surface area (Å²) in [4.78, 5) is 4.50. The van der Waals surface area contributed by atoms with Crippen molar-refractivity contribution < 1.29 is 9.26 Å². The molecule has 5 rings (SSSR count). The van der Waals surface area contributed by atoms with Crippen LogP contribution in [-0.4, -0.2) is 36.6 Å². The van der Waals surface area contributed by atoms with Gasteiger partial charge < -0.3 is 18.4 Å². The molecular weight excluding hydrogens is 424 g/mol. The van der Waals surface area contributed by atoms with Crippen molar-refractivity contribution in [3.05, 3.63) is 60.6 Å². The van der Waals surface area contributed by atoms with Crippen LogP contribution in [0.1, 0.15) is 12.8 Å². The monoisotopic (exact) mass is 446 g/mol. The van der Waals surface area contributed by atoms with Crippen molar-refractivity contribution in [1.82, 2.24) is 29.5 Å². The summed E-state index contributed by atoms with van der Waals surface area (Å²) < 4.78 is 14.9. The summed E-state index contributed by atoms with van der Waals surface area (Å²) in [5, 5.41) is 14.9. The second kappa shape index (κ2) is 8.51. The number of nitrogens with zero attached hydrogens (tertiary/aromatic N) is 6. The van der Waals surface area contributed by atoms with Gasteiger partial charge in [0.1, 0.15) is 5.75 Å². The van der Waals surface area contributed by atoms with Gasteiger partial charge in [-0.15, -0.1) is 10.2 Å². The molecule has 0 atom stereocenters. The average Bonchev–Trinajstić information content (AvgIpc) is 3.55. The molecule has 3 aromatic heterocycles. The molecule has 5 aromatic rings. The maximum absolute atomic E-state index is 5.43. The molecule has 32 heavy (non-hydrogen) atoms. The van der Waals surface area contributed by atoms with Crippen LogP contribution in [0.5, 0.6) is 5.75 Å². The fraction of sp³-hybridized carbons (Fsp3) is 0.217. The molecule has 2 aromatic carbocycles. The highest BCUT2D eigenvalue weighted by molar-refractivity contribution is 7.98. The van der Waals surface area contributed by atoms with Gasteiger partial charge in [-0.1, -0.05) is 35.1 Å². The van der Waals surface area contributed by atoms with E-state index < -0.39 is 0 Å². The summed E-state index contributed by atoms with van der Waals surface area (Å²) in [6.07, 6.45) is 2.14. The smallest absolute Gasteiger partial charge is 0.237 e. The Bertz CT molecular complexity index is 1370. The zero-order valence-electron chi connectivity index (χ0n) is 18.0. The van der Waals surface area contributed by atoms with Gasteiger partial charge in [-0.3, -0.25) is 0 Å². The van der Waals surface area contributed by atoms with Crippen molar-refractivity contribution in [2.24, 2.45) is 7.05 Å². The van der Waals surface area contributed by atoms with Gasteiger partial charge in [0.15, 0.2) is 11.0 Å². The number of hydrogen-bond donors (Lipinski definition) is 0. The first-order valence-corrected chi connectivity index (χ1v) is 11.2. The van der Waals surface area contributed by atoms with E-state index in [2.05, 4.69) is 56.2 Å². The lowest BCUT2D eigenvalue weighted by atomic mass is 10.1. The minimum absolute atomic E-state index is 0.506. The Labute approximate surface area is 189 Å². The summed E-state index contributed by atoms with van der Waals surface area (Å²) in [5.74, 6) is 3.21. The number of fused-ring (bicyclic) bond motifs is 1. The minimum atomic E-state index is 0.506. The van der Waals surface area contributed by atoms with Gasteiger partial charge in [-0.2, -0.15) is 4.98 Å². The second-order valence-corrected chi connectivity index (χ2v) is 8.18. The molecule has 0 unspecified atom stereocenters. The fourth-order valence-corrected chi connectivity index (χ4v) is 4.41. The van der Waals surface area contributed by atoms with Gasteiger partial charge >= 0.3 is 0 Å². The van der Waals surface area contributed by atoms with Gasteiger partial charge in [0, 0.05) is 41.8 Å². The first-order chi connectivity index (χ1) is 15.7. The standard InChI is InChI=1S/C23H22N6O2S/c1-4-29-13-18(17-7-5-6-8-19(17)29)22-25-26-23(28(22)2)32-14-20-24-21(27-31-20)15-9-11-16(30-3)12-10-15/h5-13H,4,14H2,1-3H3. The van der Waals surface area contributed by atoms with Crippen molar-refractivity contribution >= 4 is 22.7 Å². The van der Waals surface area contributed by atoms with E-state index in [1.165, 1.54) is 22.7 Å². The van der Waals surface area contributed by atoms with E-state index in [1.807, 2.05) is 41.9 Å². The average molecular weight is 447 g/mol. The highest BCUT2D eigenvalue weighted by Gasteiger charge is 2.18. The van der Waals surface area contributed by atoms with Crippen molar-refractivity contribution in [1.29, 1.82) is 0 Å². The Morgan fingerprint density at radius 2 is 1.88 bits per heavy atom. The van der Waals surface area contributed by atoms with E-state index in [9.17, 15) is 0 Å². The van der Waals surface area contributed by atoms with Crippen LogP contribution in [0.25, 0.3) is 33.7 Å². The van der Waals surface area contributed by atoms with E-state index in [0.29, 0.717) is 17.5 Å². The van der Waals surface area contributed by atoms with Gasteiger partial charge in [0.05, 0.1) is 12.9 Å². The maximum Gasteiger partial charge on any atom is 0.237 e. The highest BCUT2D eigenvalue weighted by Crippen LogP contribution is 2.32. The SMILES string of the molecule is CCn1cc(-c2nnc(SCc3nc(-c4ccc(OC)cc4)no3)n2C)c2ccccc21. The molecule has 0 saturated heterocycles. The first kappa shape index (κ1) is 20.3. The normalized spacial score (nSPS) is 11.3. The maximum atomic E-state index is 5.43. The minimum Gasteiger partial charge on any atom is -0.497 e. The molecule has 3 heterocycles. The van der Waals surface area contributed by atoms with Gasteiger partial charge in [0.2, 0.25) is 11.7 Å². The number of aromatic nitrogens is 6. The molecule has 0 N–H and O–H groups in total. The Morgan fingerprint density at radius 3 is 2.66 bits per heavy atom. The van der Waals surface area contributed by atoms with Crippen LogP contribution in [0, 0.1) is 0 Å². The summed E-state index contributed by atoms with van der Waals surface area (Å²) >= 11 is 1.51. The van der Waals surface area contributed by atoms with Crippen LogP contribution in [0.4, 0.5) is 0 Å². The Balaban J connectivity index is 1.35. The molecule has 0 spiro atoms. The Hall–Kier alpha value is -3.59. The fourth-order valence-electron chi connectivity index (χ4n) is 3.66. The highest BCUT2D eigenvalue weighted by atomic mass is 32.2. The molecule has 0 fully saturated rings. The van der Waals surface area contributed by atoms with E-state index in [4.69, 9.17) is 9.26 Å². The molecule has 162 valence electrons. The number of ether oxygens (including phenoxy) is 1. The quantitative estimate of drug-likeness (QED) is 0.332. The number of methoxy groups -OCH3 is 1. The molecular formula is C23H22N6O2S. The third kappa shape index (κ3) is 3.64. The van der Waals surface area contributed by atoms with Crippen LogP contribution in [0.15, 0.2) is 64.4 Å². The summed E-state index contributed by atoms with van der Waals surface area (Å²) in [6.45, 7) is 3.03. The number of rotatable bonds is 7. The molecule has 0 bridgehead atoms. The number of benzene rings is 2. The second-order valence-electron chi connectivity index (χ2n) is 7.24. The van der Waals surface area contributed by atoms with Crippen molar-refractivity contribution in [2.75, 3.05) is 7.11 Å². The number of thioether (sulfide) groups is 1. The molecule has 9 heteroatoms. The Kier molecular flexibility index (Phi) is 5.40. The zero-order valence-corrected chi connectivity index (χ0v) is 18.8. The predicted molar refractivity (Wildman–Crippen MR) is 123 cm³/mol. The molecule has 0 amide bonds. The number of para-hydroxylation sites is 1. The summed E-state index contributed by atoms with van der Waals surface area (Å²) in [7, 11) is 3.62. The lowest BCUT2D eigenvalue weighted by molar-refractivity contribution is 0.391. The van der Waals surface area contributed by atoms with Crippen molar-refractivity contribution in [3.8, 4) is 28.5 Å². The first-order valence-electron chi connectivity index (χ1n) is 10.3. The van der Waals surface area contributed by atoms with E-state index in [-0.39, 0.29) is 0 Å². The summed E-state index contributed by atoms with van der Waals surface area (Å²) in [5.41, 5.74) is 3.14. The lowest BCUT2D eigenvalue weighted by Gasteiger charge is -2.02. The van der Waals surface area contributed by atoms with Crippen LogP contribution in [0.3, 0.4) is 0 Å². The summed E-state index contributed by atoms with van der Waals surface area (Å²) in [6, 6.07) is 15.9. The topological polar surface area (TPSA) is 83.8 Å². The third-order valence-corrected chi connectivity index (χ3v) is 6.35. The molecule has 0 radical (unpaired) electrons. The van der Waals surface area contributed by atoms with Crippen LogP contribution < -0.4 is 4.74 Å². The predicted octanol–water partition coefficient (Wildman–Crippen LogP) is 4.81. The van der Waals surface area contributed by atoms with Crippen LogP contribution >= 0.6 is 11.8 Å². The molecule has 0 aliphatic carbocycles. The van der Waals surface area contributed by atoms with Gasteiger partial charge in [0.25, 0.3) is 0 Å². The number of hydrogen-bond acceptors (Lipinski definition) is 7. The lowest BCUT2D eigenvalue weighted by Crippen LogP contribution is -1.95. The molecule has 8 nitrogen and oxygen atoms in total.